The third-order valence-electron chi connectivity index (χ3n) is 4.96. The van der Waals surface area contributed by atoms with Crippen molar-refractivity contribution in [1.29, 1.82) is 0 Å². The lowest BCUT2D eigenvalue weighted by molar-refractivity contribution is -0.507. The molecule has 110 valence electrons. The summed E-state index contributed by atoms with van der Waals surface area (Å²) in [6, 6.07) is 2.00. The Morgan fingerprint density at radius 3 is 2.37 bits per heavy atom. The quantitative estimate of drug-likeness (QED) is 0.722. The molecule has 0 saturated carbocycles. The van der Waals surface area contributed by atoms with Crippen LogP contribution in [0.25, 0.3) is 0 Å². The van der Waals surface area contributed by atoms with Crippen molar-refractivity contribution in [3.05, 3.63) is 0 Å². The standard InChI is InChI=1S/C16H32N3/c1-13(2)18-8-6-16(7-9-18)12-19-14(3)10-17(5)11-15(19)4/h10,13-16H,6-9,11-12H2,1-5H3/q+1/t14-,15-/m0/s1. The molecule has 0 aromatic carbocycles. The number of likely N-dealkylation sites (N-methyl/N-ethyl adjacent to an activating group) is 1. The van der Waals surface area contributed by atoms with Gasteiger partial charge in [0, 0.05) is 12.6 Å². The van der Waals surface area contributed by atoms with E-state index < -0.39 is 0 Å². The van der Waals surface area contributed by atoms with Gasteiger partial charge in [0.25, 0.3) is 0 Å². The van der Waals surface area contributed by atoms with Crippen molar-refractivity contribution in [3.8, 4) is 0 Å². The first-order valence-electron chi connectivity index (χ1n) is 8.02. The summed E-state index contributed by atoms with van der Waals surface area (Å²) in [4.78, 5) is 5.33. The number of nitrogens with zero attached hydrogens (tertiary/aromatic N) is 3. The molecular formula is C16H32N3+. The molecule has 3 nitrogen and oxygen atoms in total. The van der Waals surface area contributed by atoms with E-state index in [-0.39, 0.29) is 0 Å². The Labute approximate surface area is 119 Å². The van der Waals surface area contributed by atoms with E-state index in [0.717, 1.165) is 12.0 Å². The Hall–Kier alpha value is -0.410. The first kappa shape index (κ1) is 15.0. The number of rotatable bonds is 3. The molecule has 0 spiro atoms. The zero-order chi connectivity index (χ0) is 14.0. The van der Waals surface area contributed by atoms with E-state index in [4.69, 9.17) is 0 Å². The van der Waals surface area contributed by atoms with E-state index in [1.807, 2.05) is 0 Å². The van der Waals surface area contributed by atoms with E-state index in [0.29, 0.717) is 12.1 Å². The molecule has 1 fully saturated rings. The highest BCUT2D eigenvalue weighted by Crippen LogP contribution is 2.22. The Morgan fingerprint density at radius 2 is 1.84 bits per heavy atom. The van der Waals surface area contributed by atoms with E-state index in [1.165, 1.54) is 39.0 Å². The number of hydrogen-bond donors (Lipinski definition) is 0. The smallest absolute Gasteiger partial charge is 0.157 e. The normalized spacial score (nSPS) is 31.8. The lowest BCUT2D eigenvalue weighted by Gasteiger charge is -2.40. The molecule has 3 heteroatoms. The Morgan fingerprint density at radius 1 is 1.21 bits per heavy atom. The maximum atomic E-state index is 2.70. The average Bonchev–Trinajstić information content (AvgIpc) is 2.34. The average molecular weight is 266 g/mol. The van der Waals surface area contributed by atoms with Crippen LogP contribution in [-0.4, -0.2) is 71.9 Å². The van der Waals surface area contributed by atoms with Gasteiger partial charge in [-0.15, -0.1) is 0 Å². The van der Waals surface area contributed by atoms with Crippen LogP contribution in [0.3, 0.4) is 0 Å². The molecule has 1 saturated heterocycles. The highest BCUT2D eigenvalue weighted by molar-refractivity contribution is 5.59. The van der Waals surface area contributed by atoms with Crippen molar-refractivity contribution in [3.63, 3.8) is 0 Å². The van der Waals surface area contributed by atoms with Crippen LogP contribution in [0.2, 0.25) is 0 Å². The molecule has 2 aliphatic heterocycles. The topological polar surface area (TPSA) is 9.49 Å². The van der Waals surface area contributed by atoms with Crippen LogP contribution in [0, 0.1) is 5.92 Å². The second-order valence-corrected chi connectivity index (χ2v) is 6.95. The van der Waals surface area contributed by atoms with Gasteiger partial charge in [0.1, 0.15) is 7.05 Å². The van der Waals surface area contributed by atoms with Gasteiger partial charge in [-0.2, -0.15) is 0 Å². The van der Waals surface area contributed by atoms with Gasteiger partial charge in [0.2, 0.25) is 0 Å². The van der Waals surface area contributed by atoms with E-state index >= 15 is 0 Å². The highest BCUT2D eigenvalue weighted by Gasteiger charge is 2.31. The third-order valence-corrected chi connectivity index (χ3v) is 4.96. The summed E-state index contributed by atoms with van der Waals surface area (Å²) in [6.07, 6.45) is 5.14. The molecule has 2 rings (SSSR count). The van der Waals surface area contributed by atoms with Gasteiger partial charge in [-0.25, -0.2) is 4.58 Å². The maximum Gasteiger partial charge on any atom is 0.157 e. The van der Waals surface area contributed by atoms with Crippen LogP contribution < -0.4 is 0 Å². The van der Waals surface area contributed by atoms with Crippen molar-refractivity contribution < 1.29 is 4.58 Å². The van der Waals surface area contributed by atoms with Crippen molar-refractivity contribution >= 4 is 6.21 Å². The molecule has 0 aromatic rings. The minimum atomic E-state index is 0.594. The summed E-state index contributed by atoms with van der Waals surface area (Å²) in [5.41, 5.74) is 0. The molecule has 0 unspecified atom stereocenters. The predicted octanol–water partition coefficient (Wildman–Crippen LogP) is 1.91. The summed E-state index contributed by atoms with van der Waals surface area (Å²) in [7, 11) is 2.20. The highest BCUT2D eigenvalue weighted by atomic mass is 15.2. The third kappa shape index (κ3) is 3.79. The molecule has 0 N–H and O–H groups in total. The van der Waals surface area contributed by atoms with E-state index in [2.05, 4.69) is 55.3 Å². The van der Waals surface area contributed by atoms with Crippen LogP contribution in [0.4, 0.5) is 0 Å². The molecule has 2 aliphatic rings. The number of likely N-dealkylation sites (tertiary alicyclic amines) is 1. The maximum absolute atomic E-state index is 2.70. The number of piperidine rings is 1. The molecule has 0 radical (unpaired) electrons. The van der Waals surface area contributed by atoms with Gasteiger partial charge in [-0.1, -0.05) is 0 Å². The monoisotopic (exact) mass is 266 g/mol. The molecule has 19 heavy (non-hydrogen) atoms. The molecule has 2 atom stereocenters. The predicted molar refractivity (Wildman–Crippen MR) is 82.2 cm³/mol. The molecule has 0 amide bonds. The summed E-state index contributed by atoms with van der Waals surface area (Å²) in [6.45, 7) is 14.4. The van der Waals surface area contributed by atoms with Gasteiger partial charge in [0.15, 0.2) is 12.8 Å². The molecule has 2 heterocycles. The summed E-state index contributed by atoms with van der Waals surface area (Å²) in [5, 5.41) is 0. The largest absolute Gasteiger partial charge is 0.301 e. The fraction of sp³-hybridized carbons (Fsp3) is 0.938. The summed E-state index contributed by atoms with van der Waals surface area (Å²) < 4.78 is 2.35. The van der Waals surface area contributed by atoms with Crippen LogP contribution in [0.1, 0.15) is 40.5 Å². The van der Waals surface area contributed by atoms with Gasteiger partial charge in [-0.3, -0.25) is 4.90 Å². The van der Waals surface area contributed by atoms with Crippen molar-refractivity contribution in [2.45, 2.75) is 58.7 Å². The SMILES string of the molecule is CC(C)N1CCC(CN2[C@@H](C)C=[N+](C)C[C@@H]2C)CC1. The first-order chi connectivity index (χ1) is 8.97. The second kappa shape index (κ2) is 6.36. The zero-order valence-corrected chi connectivity index (χ0v) is 13.5. The van der Waals surface area contributed by atoms with Crippen LogP contribution in [-0.2, 0) is 0 Å². The Bertz CT molecular complexity index is 316. The fourth-order valence-corrected chi connectivity index (χ4v) is 3.73. The lowest BCUT2D eigenvalue weighted by atomic mass is 9.94. The Balaban J connectivity index is 1.85. The van der Waals surface area contributed by atoms with Crippen LogP contribution in [0.15, 0.2) is 0 Å². The van der Waals surface area contributed by atoms with E-state index in [1.54, 1.807) is 0 Å². The lowest BCUT2D eigenvalue weighted by Crippen LogP contribution is -2.53. The van der Waals surface area contributed by atoms with Gasteiger partial charge in [-0.05, 0) is 59.5 Å². The van der Waals surface area contributed by atoms with Gasteiger partial charge >= 0.3 is 0 Å². The zero-order valence-electron chi connectivity index (χ0n) is 13.5. The first-order valence-corrected chi connectivity index (χ1v) is 8.02. The van der Waals surface area contributed by atoms with E-state index in [9.17, 15) is 0 Å². The Kier molecular flexibility index (Phi) is 5.02. The molecule has 0 bridgehead atoms. The van der Waals surface area contributed by atoms with Crippen LogP contribution in [0.5, 0.6) is 0 Å². The molecular weight excluding hydrogens is 234 g/mol. The van der Waals surface area contributed by atoms with Crippen molar-refractivity contribution in [2.24, 2.45) is 5.92 Å². The minimum Gasteiger partial charge on any atom is -0.301 e. The molecule has 0 aromatic heterocycles. The fourth-order valence-electron chi connectivity index (χ4n) is 3.73. The number of hydrogen-bond acceptors (Lipinski definition) is 2. The molecule has 0 aliphatic carbocycles. The summed E-state index contributed by atoms with van der Waals surface area (Å²) >= 11 is 0. The van der Waals surface area contributed by atoms with Crippen molar-refractivity contribution in [2.75, 3.05) is 33.2 Å². The van der Waals surface area contributed by atoms with Crippen molar-refractivity contribution in [1.82, 2.24) is 9.80 Å². The van der Waals surface area contributed by atoms with Gasteiger partial charge < -0.3 is 4.90 Å². The van der Waals surface area contributed by atoms with Gasteiger partial charge in [0.05, 0.1) is 12.1 Å². The van der Waals surface area contributed by atoms with Crippen LogP contribution >= 0.6 is 0 Å². The minimum absolute atomic E-state index is 0.594. The summed E-state index contributed by atoms with van der Waals surface area (Å²) in [5.74, 6) is 0.900. The second-order valence-electron chi connectivity index (χ2n) is 6.95.